The minimum Gasteiger partial charge on any atom is -0.507 e. The molecule has 0 amide bonds. The third kappa shape index (κ3) is 5.97. The maximum Gasteiger partial charge on any atom is 0.185 e. The summed E-state index contributed by atoms with van der Waals surface area (Å²) in [5.74, 6) is 0.723. The fourth-order valence-corrected chi connectivity index (χ4v) is 6.85. The Bertz CT molecular complexity index is 1280. The highest BCUT2D eigenvalue weighted by molar-refractivity contribution is 8.36. The van der Waals surface area contributed by atoms with Gasteiger partial charge in [0.05, 0.1) is 29.0 Å². The van der Waals surface area contributed by atoms with Crippen LogP contribution in [0.5, 0.6) is 5.75 Å². The van der Waals surface area contributed by atoms with Crippen molar-refractivity contribution in [1.29, 1.82) is 0 Å². The number of fused-ring (bicyclic) bond motifs is 2. The lowest BCUT2D eigenvalue weighted by molar-refractivity contribution is 0.0656. The Morgan fingerprint density at radius 3 is 2.57 bits per heavy atom. The lowest BCUT2D eigenvalue weighted by atomic mass is 9.69. The first kappa shape index (κ1) is 26.8. The number of nitrogens with zero attached hydrogens (tertiary/aromatic N) is 5. The van der Waals surface area contributed by atoms with Gasteiger partial charge in [-0.05, 0) is 54.9 Å². The molecule has 0 saturated heterocycles. The molecule has 12 heteroatoms. The molecule has 2 fully saturated rings. The number of halogens is 2. The second-order valence-electron chi connectivity index (χ2n) is 9.70. The van der Waals surface area contributed by atoms with Gasteiger partial charge in [0.25, 0.3) is 0 Å². The first-order valence-corrected chi connectivity index (χ1v) is 14.2. The Balaban J connectivity index is 1.35. The molecule has 2 aromatic heterocycles. The van der Waals surface area contributed by atoms with Gasteiger partial charge in [0.2, 0.25) is 0 Å². The normalized spacial score (nSPS) is 23.6. The number of benzene rings is 1. The zero-order valence-electron chi connectivity index (χ0n) is 20.0. The number of rotatable bonds is 6. The van der Waals surface area contributed by atoms with Gasteiger partial charge >= 0.3 is 0 Å². The minimum atomic E-state index is -0.986. The number of anilines is 1. The summed E-state index contributed by atoms with van der Waals surface area (Å²) in [5, 5.41) is 19.7. The number of phenolic OH excluding ortho intramolecular Hbond substituents is 1. The molecule has 4 atom stereocenters. The second kappa shape index (κ2) is 10.8. The fourth-order valence-electron chi connectivity index (χ4n) is 5.44. The van der Waals surface area contributed by atoms with Crippen LogP contribution >= 0.6 is 49.6 Å². The van der Waals surface area contributed by atoms with E-state index < -0.39 is 14.7 Å². The molecule has 2 bridgehead atoms. The predicted octanol–water partition coefficient (Wildman–Crippen LogP) is 6.29. The number of aromatic nitrogens is 4. The van der Waals surface area contributed by atoms with E-state index in [4.69, 9.17) is 0 Å². The predicted molar refractivity (Wildman–Crippen MR) is 153 cm³/mol. The number of thiol groups is 3. The third-order valence-electron chi connectivity index (χ3n) is 7.25. The number of thioether (sulfide) groups is 1. The molecule has 37 heavy (non-hydrogen) atoms. The van der Waals surface area contributed by atoms with E-state index in [1.54, 1.807) is 24.4 Å². The average molecular weight is 580 g/mol. The maximum absolute atomic E-state index is 15.2. The molecule has 2 heterocycles. The van der Waals surface area contributed by atoms with Gasteiger partial charge in [-0.25, -0.2) is 18.7 Å². The van der Waals surface area contributed by atoms with E-state index in [0.29, 0.717) is 27.9 Å². The van der Waals surface area contributed by atoms with E-state index in [-0.39, 0.29) is 29.1 Å². The van der Waals surface area contributed by atoms with Crippen molar-refractivity contribution in [2.75, 3.05) is 11.9 Å². The minimum absolute atomic E-state index is 0.117. The molecule has 6 nitrogen and oxygen atoms in total. The molecule has 0 spiro atoms. The van der Waals surface area contributed by atoms with Crippen molar-refractivity contribution in [3.63, 3.8) is 0 Å². The van der Waals surface area contributed by atoms with Crippen molar-refractivity contribution in [3.8, 4) is 28.3 Å². The van der Waals surface area contributed by atoms with Gasteiger partial charge in [0.1, 0.15) is 17.7 Å². The average Bonchev–Trinajstić information content (AvgIpc) is 2.86. The van der Waals surface area contributed by atoms with Crippen molar-refractivity contribution in [3.05, 3.63) is 42.5 Å². The third-order valence-corrected chi connectivity index (χ3v) is 8.77. The topological polar surface area (TPSA) is 75.0 Å². The summed E-state index contributed by atoms with van der Waals surface area (Å²) in [4.78, 5) is 10.3. The Morgan fingerprint density at radius 1 is 1.05 bits per heavy atom. The van der Waals surface area contributed by atoms with E-state index in [0.717, 1.165) is 50.1 Å². The molecular formula is C25H27F2N5OS4. The fraction of sp³-hybridized carbons (Fsp3) is 0.440. The van der Waals surface area contributed by atoms with Crippen LogP contribution in [0.1, 0.15) is 32.1 Å². The summed E-state index contributed by atoms with van der Waals surface area (Å²) < 4.78 is 28.7. The van der Waals surface area contributed by atoms with Gasteiger partial charge in [0, 0.05) is 12.6 Å². The van der Waals surface area contributed by atoms with E-state index in [1.165, 1.54) is 6.07 Å². The molecule has 1 N–H and O–H groups in total. The van der Waals surface area contributed by atoms with Crippen LogP contribution < -0.4 is 4.90 Å². The molecule has 0 radical (unpaired) electrons. The van der Waals surface area contributed by atoms with E-state index in [9.17, 15) is 9.50 Å². The van der Waals surface area contributed by atoms with Crippen LogP contribution in [0.25, 0.3) is 22.5 Å². The Hall–Kier alpha value is -1.76. The van der Waals surface area contributed by atoms with E-state index in [1.807, 2.05) is 11.9 Å². The largest absolute Gasteiger partial charge is 0.507 e. The molecule has 2 saturated carbocycles. The summed E-state index contributed by atoms with van der Waals surface area (Å²) in [6.45, 7) is 0. The number of hydrogen-bond acceptors (Lipinski definition) is 10. The maximum atomic E-state index is 15.2. The van der Waals surface area contributed by atoms with Crippen LogP contribution in [0.3, 0.4) is 0 Å². The molecule has 3 aromatic rings. The standard InChI is InChI=1S/C25H27F2N5OS4/c1-32(19-8-13-3-2-4-15(7-13)23(19)27)21-12-29-24(31-30-21)16-6-5-14(9-20(16)33)17-10-22(28-11-18(17)26)37-25(34,35)36/h5-6,9-13,15,19,23,33-36H,2-4,7-8H2,1H3/t13-,15+,19+,23-/m1/s1. The van der Waals surface area contributed by atoms with Crippen molar-refractivity contribution < 1.29 is 13.9 Å². The lowest BCUT2D eigenvalue weighted by Gasteiger charge is -2.45. The van der Waals surface area contributed by atoms with Gasteiger partial charge in [-0.15, -0.1) is 48.1 Å². The summed E-state index contributed by atoms with van der Waals surface area (Å²) in [5.41, 5.74) is 1.06. The molecule has 0 aliphatic heterocycles. The molecule has 0 unspecified atom stereocenters. The van der Waals surface area contributed by atoms with Crippen molar-refractivity contribution in [1.82, 2.24) is 20.2 Å². The smallest absolute Gasteiger partial charge is 0.185 e. The molecule has 196 valence electrons. The van der Waals surface area contributed by atoms with Gasteiger partial charge in [0.15, 0.2) is 14.4 Å². The van der Waals surface area contributed by atoms with Crippen LogP contribution in [-0.2, 0) is 0 Å². The number of pyridine rings is 1. The number of phenols is 1. The van der Waals surface area contributed by atoms with Crippen LogP contribution in [-0.4, -0.2) is 47.3 Å². The monoisotopic (exact) mass is 579 g/mol. The Kier molecular flexibility index (Phi) is 7.82. The highest BCUT2D eigenvalue weighted by Gasteiger charge is 2.42. The van der Waals surface area contributed by atoms with Crippen molar-refractivity contribution in [2.24, 2.45) is 11.8 Å². The van der Waals surface area contributed by atoms with Gasteiger partial charge in [-0.1, -0.05) is 30.7 Å². The van der Waals surface area contributed by atoms with Crippen LogP contribution in [0.2, 0.25) is 0 Å². The van der Waals surface area contributed by atoms with E-state index in [2.05, 4.69) is 58.1 Å². The van der Waals surface area contributed by atoms with Gasteiger partial charge < -0.3 is 10.0 Å². The highest BCUT2D eigenvalue weighted by atomic mass is 32.3. The van der Waals surface area contributed by atoms with Gasteiger partial charge in [-0.3, -0.25) is 0 Å². The van der Waals surface area contributed by atoms with Crippen molar-refractivity contribution in [2.45, 2.75) is 52.1 Å². The van der Waals surface area contributed by atoms with Crippen LogP contribution in [0, 0.1) is 17.7 Å². The SMILES string of the molecule is CN(c1cnc(-c2ccc(-c3cc(SC(S)(S)S)ncc3F)cc2O)nn1)[C@H]1C[C@@H]2CCC[C@@H](C2)[C@H]1F. The second-order valence-corrected chi connectivity index (χ2v) is 14.9. The molecule has 2 aliphatic rings. The van der Waals surface area contributed by atoms with Crippen LogP contribution in [0.15, 0.2) is 41.7 Å². The first-order chi connectivity index (χ1) is 17.6. The zero-order chi connectivity index (χ0) is 26.3. The Labute approximate surface area is 235 Å². The summed E-state index contributed by atoms with van der Waals surface area (Å²) in [7, 11) is 1.84. The van der Waals surface area contributed by atoms with Crippen LogP contribution in [0.4, 0.5) is 14.6 Å². The molecule has 5 rings (SSSR count). The Morgan fingerprint density at radius 2 is 1.86 bits per heavy atom. The van der Waals surface area contributed by atoms with E-state index >= 15 is 4.39 Å². The summed E-state index contributed by atoms with van der Waals surface area (Å²) >= 11 is 13.8. The summed E-state index contributed by atoms with van der Waals surface area (Å²) in [6.07, 6.45) is 6.78. The van der Waals surface area contributed by atoms with Crippen molar-refractivity contribution >= 4 is 55.5 Å². The summed E-state index contributed by atoms with van der Waals surface area (Å²) in [6, 6.07) is 6.02. The molecular weight excluding hydrogens is 553 g/mol. The first-order valence-electron chi connectivity index (χ1n) is 12.0. The highest BCUT2D eigenvalue weighted by Crippen LogP contribution is 2.44. The molecule has 1 aromatic carbocycles. The number of alkyl halides is 1. The molecule has 2 aliphatic carbocycles. The number of hydrogen-bond donors (Lipinski definition) is 4. The van der Waals surface area contributed by atoms with Gasteiger partial charge in [-0.2, -0.15) is 0 Å². The zero-order valence-corrected chi connectivity index (χ0v) is 23.5. The number of aromatic hydroxyl groups is 1. The quantitative estimate of drug-likeness (QED) is 0.155. The lowest BCUT2D eigenvalue weighted by Crippen LogP contribution is -2.49.